The first kappa shape index (κ1) is 14.8. The van der Waals surface area contributed by atoms with E-state index >= 15 is 0 Å². The van der Waals surface area contributed by atoms with Gasteiger partial charge < -0.3 is 16.0 Å². The molecule has 1 unspecified atom stereocenters. The van der Waals surface area contributed by atoms with Gasteiger partial charge in [-0.05, 0) is 36.8 Å². The lowest BCUT2D eigenvalue weighted by Crippen LogP contribution is -2.22. The smallest absolute Gasteiger partial charge is 0.272 e. The van der Waals surface area contributed by atoms with E-state index < -0.39 is 0 Å². The number of nitrogens with zero attached hydrogens (tertiary/aromatic N) is 2. The van der Waals surface area contributed by atoms with E-state index in [-0.39, 0.29) is 11.9 Å². The second-order valence-electron chi connectivity index (χ2n) is 5.16. The minimum atomic E-state index is -0.112. The van der Waals surface area contributed by atoms with E-state index in [4.69, 9.17) is 5.73 Å². The second-order valence-corrected chi connectivity index (χ2v) is 5.16. The summed E-state index contributed by atoms with van der Waals surface area (Å²) in [5, 5.41) is 3.36. The molecule has 1 aromatic heterocycles. The van der Waals surface area contributed by atoms with Gasteiger partial charge in [-0.1, -0.05) is 12.1 Å². The zero-order valence-corrected chi connectivity index (χ0v) is 12.5. The highest BCUT2D eigenvalue weighted by Crippen LogP contribution is 2.20. The highest BCUT2D eigenvalue weighted by atomic mass is 16.2. The summed E-state index contributed by atoms with van der Waals surface area (Å²) in [5.41, 5.74) is 8.85. The van der Waals surface area contributed by atoms with Crippen molar-refractivity contribution >= 4 is 17.3 Å². The number of aromatic nitrogens is 1. The SMILES string of the molecule is CC(Nc1ccnc(C(=O)N(C)C)c1)c1ccc(N)cc1. The fourth-order valence-electron chi connectivity index (χ4n) is 1.98. The van der Waals surface area contributed by atoms with Gasteiger partial charge in [-0.25, -0.2) is 0 Å². The molecule has 1 atom stereocenters. The molecule has 1 amide bonds. The quantitative estimate of drug-likeness (QED) is 0.846. The van der Waals surface area contributed by atoms with Gasteiger partial charge in [-0.2, -0.15) is 0 Å². The fraction of sp³-hybridized carbons (Fsp3) is 0.250. The van der Waals surface area contributed by atoms with Crippen LogP contribution in [-0.2, 0) is 0 Å². The Bertz CT molecular complexity index is 622. The molecule has 5 heteroatoms. The maximum atomic E-state index is 11.9. The third-order valence-corrected chi connectivity index (χ3v) is 3.20. The number of carbonyl (C=O) groups is 1. The first-order chi connectivity index (χ1) is 9.97. The van der Waals surface area contributed by atoms with Gasteiger partial charge in [-0.3, -0.25) is 9.78 Å². The Morgan fingerprint density at radius 2 is 1.90 bits per heavy atom. The van der Waals surface area contributed by atoms with Crippen molar-refractivity contribution in [2.24, 2.45) is 0 Å². The number of rotatable bonds is 4. The molecular weight excluding hydrogens is 264 g/mol. The average Bonchev–Trinajstić information content (AvgIpc) is 2.47. The summed E-state index contributed by atoms with van der Waals surface area (Å²) >= 11 is 0. The molecule has 0 spiro atoms. The van der Waals surface area contributed by atoms with Crippen LogP contribution in [0.4, 0.5) is 11.4 Å². The highest BCUT2D eigenvalue weighted by Gasteiger charge is 2.11. The lowest BCUT2D eigenvalue weighted by molar-refractivity contribution is 0.0822. The van der Waals surface area contributed by atoms with Crippen LogP contribution in [0, 0.1) is 0 Å². The normalized spacial score (nSPS) is 11.8. The standard InChI is InChI=1S/C16H20N4O/c1-11(12-4-6-13(17)7-5-12)19-14-8-9-18-15(10-14)16(21)20(2)3/h4-11H,17H2,1-3H3,(H,18,19). The number of nitrogens with one attached hydrogen (secondary N) is 1. The van der Waals surface area contributed by atoms with Gasteiger partial charge in [0, 0.05) is 37.7 Å². The number of pyridine rings is 1. The van der Waals surface area contributed by atoms with Crippen LogP contribution in [0.5, 0.6) is 0 Å². The molecule has 2 aromatic rings. The molecule has 0 bridgehead atoms. The molecule has 0 fully saturated rings. The minimum Gasteiger partial charge on any atom is -0.399 e. The molecule has 0 radical (unpaired) electrons. The number of anilines is 2. The van der Waals surface area contributed by atoms with Crippen LogP contribution >= 0.6 is 0 Å². The van der Waals surface area contributed by atoms with E-state index in [9.17, 15) is 4.79 Å². The summed E-state index contributed by atoms with van der Waals surface area (Å²) in [6.45, 7) is 2.05. The minimum absolute atomic E-state index is 0.107. The number of carbonyl (C=O) groups excluding carboxylic acids is 1. The maximum Gasteiger partial charge on any atom is 0.272 e. The van der Waals surface area contributed by atoms with Crippen LogP contribution in [0.1, 0.15) is 29.0 Å². The molecule has 0 saturated carbocycles. The molecule has 110 valence electrons. The zero-order valence-electron chi connectivity index (χ0n) is 12.5. The summed E-state index contributed by atoms with van der Waals surface area (Å²) in [4.78, 5) is 17.5. The summed E-state index contributed by atoms with van der Waals surface area (Å²) < 4.78 is 0. The molecule has 0 saturated heterocycles. The number of amides is 1. The van der Waals surface area contributed by atoms with Gasteiger partial charge in [0.2, 0.25) is 0 Å². The van der Waals surface area contributed by atoms with Crippen LogP contribution in [0.25, 0.3) is 0 Å². The van der Waals surface area contributed by atoms with Crippen molar-refractivity contribution in [3.8, 4) is 0 Å². The van der Waals surface area contributed by atoms with Gasteiger partial charge in [0.15, 0.2) is 0 Å². The highest BCUT2D eigenvalue weighted by molar-refractivity contribution is 5.92. The monoisotopic (exact) mass is 284 g/mol. The van der Waals surface area contributed by atoms with Crippen LogP contribution in [0.15, 0.2) is 42.6 Å². The lowest BCUT2D eigenvalue weighted by atomic mass is 10.1. The van der Waals surface area contributed by atoms with Crippen LogP contribution in [0.3, 0.4) is 0 Å². The molecule has 0 aliphatic carbocycles. The summed E-state index contributed by atoms with van der Waals surface area (Å²) in [6.07, 6.45) is 1.63. The Kier molecular flexibility index (Phi) is 4.42. The van der Waals surface area contributed by atoms with Gasteiger partial charge in [0.25, 0.3) is 5.91 Å². The largest absolute Gasteiger partial charge is 0.399 e. The zero-order chi connectivity index (χ0) is 15.4. The topological polar surface area (TPSA) is 71.2 Å². The van der Waals surface area contributed by atoms with E-state index in [1.54, 1.807) is 26.4 Å². The molecule has 0 aliphatic heterocycles. The molecule has 3 N–H and O–H groups in total. The predicted molar refractivity (Wildman–Crippen MR) is 85.1 cm³/mol. The third kappa shape index (κ3) is 3.72. The molecule has 0 aliphatic rings. The first-order valence-corrected chi connectivity index (χ1v) is 6.77. The van der Waals surface area contributed by atoms with Crippen molar-refractivity contribution in [3.05, 3.63) is 53.9 Å². The van der Waals surface area contributed by atoms with E-state index in [1.807, 2.05) is 30.3 Å². The van der Waals surface area contributed by atoms with E-state index in [0.717, 1.165) is 16.9 Å². The molecule has 21 heavy (non-hydrogen) atoms. The van der Waals surface area contributed by atoms with Crippen molar-refractivity contribution in [1.82, 2.24) is 9.88 Å². The Morgan fingerprint density at radius 1 is 1.24 bits per heavy atom. The summed E-state index contributed by atoms with van der Waals surface area (Å²) in [6, 6.07) is 11.4. The molecular formula is C16H20N4O. The average molecular weight is 284 g/mol. The summed E-state index contributed by atoms with van der Waals surface area (Å²) in [7, 11) is 3.42. The maximum absolute atomic E-state index is 11.9. The van der Waals surface area contributed by atoms with E-state index in [0.29, 0.717) is 5.69 Å². The van der Waals surface area contributed by atoms with E-state index in [1.165, 1.54) is 4.90 Å². The Morgan fingerprint density at radius 3 is 2.52 bits per heavy atom. The fourth-order valence-corrected chi connectivity index (χ4v) is 1.98. The van der Waals surface area contributed by atoms with Gasteiger partial charge in [0.05, 0.1) is 0 Å². The first-order valence-electron chi connectivity index (χ1n) is 6.77. The number of benzene rings is 1. The van der Waals surface area contributed by atoms with Crippen molar-refractivity contribution < 1.29 is 4.79 Å². The van der Waals surface area contributed by atoms with Gasteiger partial charge >= 0.3 is 0 Å². The van der Waals surface area contributed by atoms with Gasteiger partial charge in [0.1, 0.15) is 5.69 Å². The second kappa shape index (κ2) is 6.26. The third-order valence-electron chi connectivity index (χ3n) is 3.20. The van der Waals surface area contributed by atoms with Crippen molar-refractivity contribution in [2.75, 3.05) is 25.1 Å². The number of hydrogen-bond donors (Lipinski definition) is 2. The summed E-state index contributed by atoms with van der Waals surface area (Å²) in [5.74, 6) is -0.112. The number of nitrogen functional groups attached to an aromatic ring is 1. The molecule has 5 nitrogen and oxygen atoms in total. The number of hydrogen-bond acceptors (Lipinski definition) is 4. The van der Waals surface area contributed by atoms with Crippen molar-refractivity contribution in [3.63, 3.8) is 0 Å². The Labute approximate surface area is 124 Å². The molecule has 1 heterocycles. The van der Waals surface area contributed by atoms with Crippen molar-refractivity contribution in [1.29, 1.82) is 0 Å². The van der Waals surface area contributed by atoms with Gasteiger partial charge in [-0.15, -0.1) is 0 Å². The van der Waals surface area contributed by atoms with Crippen LogP contribution < -0.4 is 11.1 Å². The molecule has 2 rings (SSSR count). The Hall–Kier alpha value is -2.56. The Balaban J connectivity index is 2.14. The van der Waals surface area contributed by atoms with Crippen molar-refractivity contribution in [2.45, 2.75) is 13.0 Å². The number of nitrogens with two attached hydrogens (primary N) is 1. The van der Waals surface area contributed by atoms with Crippen LogP contribution in [-0.4, -0.2) is 29.9 Å². The van der Waals surface area contributed by atoms with Crippen LogP contribution in [0.2, 0.25) is 0 Å². The predicted octanol–water partition coefficient (Wildman–Crippen LogP) is 2.54. The lowest BCUT2D eigenvalue weighted by Gasteiger charge is -2.17. The van der Waals surface area contributed by atoms with E-state index in [2.05, 4.69) is 17.2 Å². The molecule has 1 aromatic carbocycles.